The van der Waals surface area contributed by atoms with E-state index in [1.807, 2.05) is 0 Å². The van der Waals surface area contributed by atoms with Crippen molar-refractivity contribution in [2.75, 3.05) is 12.8 Å². The van der Waals surface area contributed by atoms with Crippen molar-refractivity contribution in [3.8, 4) is 0 Å². The second-order valence-electron chi connectivity index (χ2n) is 8.84. The van der Waals surface area contributed by atoms with Crippen molar-refractivity contribution in [1.29, 1.82) is 0 Å². The average Bonchev–Trinajstić information content (AvgIpc) is 2.05. The Morgan fingerprint density at radius 1 is 0.667 bits per heavy atom. The minimum atomic E-state index is -1.55. The Kier molecular flexibility index (Phi) is 5.92. The molecule has 0 spiro atoms. The van der Waals surface area contributed by atoms with Crippen LogP contribution in [-0.4, -0.2) is 33.3 Å². The van der Waals surface area contributed by atoms with Crippen molar-refractivity contribution < 1.29 is 5.11 Å². The van der Waals surface area contributed by atoms with E-state index in [9.17, 15) is 0 Å². The molecule has 0 fully saturated rings. The van der Waals surface area contributed by atoms with Crippen molar-refractivity contribution in [2.24, 2.45) is 0 Å². The van der Waals surface area contributed by atoms with Gasteiger partial charge in [0, 0.05) is 0 Å². The van der Waals surface area contributed by atoms with Crippen LogP contribution in [0.1, 0.15) is 75.2 Å². The van der Waals surface area contributed by atoms with E-state index in [4.69, 9.17) is 5.11 Å². The minimum absolute atomic E-state index is 0.336. The summed E-state index contributed by atoms with van der Waals surface area (Å²) in [5.41, 5.74) is 0. The van der Waals surface area contributed by atoms with Crippen molar-refractivity contribution in [2.45, 2.75) is 90.6 Å². The van der Waals surface area contributed by atoms with Crippen LogP contribution in [0, 0.1) is 0 Å². The molecule has 2 heteroatoms. The van der Waals surface area contributed by atoms with Crippen LogP contribution in [0.2, 0.25) is 0 Å². The Bertz CT molecular complexity index is 214. The number of rotatable bonds is 4. The van der Waals surface area contributed by atoms with Crippen LogP contribution in [0.5, 0.6) is 0 Å². The van der Waals surface area contributed by atoms with E-state index < -0.39 is 7.26 Å². The fourth-order valence-electron chi connectivity index (χ4n) is 5.00. The topological polar surface area (TPSA) is 20.2 Å². The zero-order valence-electron chi connectivity index (χ0n) is 14.3. The number of hydrogen-bond donors (Lipinski definition) is 1. The maximum absolute atomic E-state index is 9.09. The van der Waals surface area contributed by atoms with Crippen molar-refractivity contribution in [3.05, 3.63) is 0 Å². The summed E-state index contributed by atoms with van der Waals surface area (Å²) >= 11 is 0. The first-order chi connectivity index (χ1) is 7.81. The zero-order chi connectivity index (χ0) is 14.8. The Labute approximate surface area is 116 Å². The van der Waals surface area contributed by atoms with Gasteiger partial charge in [0.1, 0.15) is 0 Å². The molecule has 0 aliphatic carbocycles. The van der Waals surface area contributed by atoms with Crippen molar-refractivity contribution in [3.63, 3.8) is 0 Å². The normalized spacial score (nSPS) is 15.9. The van der Waals surface area contributed by atoms with Gasteiger partial charge in [-0.2, -0.15) is 0 Å². The second kappa shape index (κ2) is 5.80. The van der Waals surface area contributed by atoms with E-state index >= 15 is 0 Å². The van der Waals surface area contributed by atoms with E-state index in [-0.39, 0.29) is 0 Å². The van der Waals surface area contributed by atoms with Gasteiger partial charge in [-0.15, -0.1) is 0 Å². The summed E-state index contributed by atoms with van der Waals surface area (Å²) in [6.45, 7) is 22.3. The molecule has 0 heterocycles. The first-order valence-corrected chi connectivity index (χ1v) is 9.63. The van der Waals surface area contributed by atoms with Gasteiger partial charge in [-0.3, -0.25) is 0 Å². The Morgan fingerprint density at radius 2 is 1.00 bits per heavy atom. The van der Waals surface area contributed by atoms with Gasteiger partial charge < -0.3 is 0 Å². The Morgan fingerprint density at radius 3 is 1.22 bits per heavy atom. The third kappa shape index (κ3) is 3.48. The third-order valence-electron chi connectivity index (χ3n) is 4.80. The number of aliphatic hydroxyl groups is 1. The summed E-state index contributed by atoms with van der Waals surface area (Å²) < 4.78 is 0. The van der Waals surface area contributed by atoms with Crippen LogP contribution < -0.4 is 0 Å². The van der Waals surface area contributed by atoms with E-state index in [1.165, 1.54) is 12.6 Å². The number of aliphatic hydroxyl groups excluding tert-OH is 1. The summed E-state index contributed by atoms with van der Waals surface area (Å²) in [5.74, 6) is 0. The average molecular weight is 276 g/mol. The summed E-state index contributed by atoms with van der Waals surface area (Å²) in [6, 6.07) is 0. The first kappa shape index (κ1) is 18.4. The first-order valence-electron chi connectivity index (χ1n) is 7.42. The zero-order valence-corrected chi connectivity index (χ0v) is 15.3. The van der Waals surface area contributed by atoms with Crippen LogP contribution in [0.3, 0.4) is 0 Å². The van der Waals surface area contributed by atoms with Gasteiger partial charge in [0.05, 0.1) is 0 Å². The van der Waals surface area contributed by atoms with Gasteiger partial charge in [0.25, 0.3) is 0 Å². The molecule has 0 aromatic heterocycles. The molecule has 0 aromatic rings. The predicted octanol–water partition coefficient (Wildman–Crippen LogP) is 4.90. The van der Waals surface area contributed by atoms with E-state index in [2.05, 4.69) is 62.3 Å². The van der Waals surface area contributed by atoms with Crippen LogP contribution in [0.15, 0.2) is 0 Å². The monoisotopic (exact) mass is 276 g/mol. The molecule has 0 saturated heterocycles. The molecule has 18 heavy (non-hydrogen) atoms. The SMILES string of the molecule is CC(C)(C)[PH](CCCCO)(C(C)(C)C)C(C)(C)C. The van der Waals surface area contributed by atoms with Gasteiger partial charge in [-0.25, -0.2) is 0 Å². The fraction of sp³-hybridized carbons (Fsp3) is 1.00. The molecule has 0 amide bonds. The molecule has 1 N–H and O–H groups in total. The van der Waals surface area contributed by atoms with Crippen LogP contribution >= 0.6 is 7.26 Å². The maximum atomic E-state index is 9.09. The molecule has 0 saturated carbocycles. The molecule has 0 aliphatic rings. The van der Waals surface area contributed by atoms with Gasteiger partial charge >= 0.3 is 116 Å². The van der Waals surface area contributed by atoms with Gasteiger partial charge in [0.15, 0.2) is 0 Å². The molecule has 0 aromatic carbocycles. The molecular weight excluding hydrogens is 239 g/mol. The van der Waals surface area contributed by atoms with Crippen LogP contribution in [-0.2, 0) is 0 Å². The van der Waals surface area contributed by atoms with Gasteiger partial charge in [-0.05, 0) is 0 Å². The van der Waals surface area contributed by atoms with E-state index in [0.717, 1.165) is 6.42 Å². The molecule has 0 aliphatic heterocycles. The molecule has 0 unspecified atom stereocenters. The molecule has 0 atom stereocenters. The van der Waals surface area contributed by atoms with E-state index in [1.54, 1.807) is 0 Å². The molecule has 0 radical (unpaired) electrons. The fourth-order valence-corrected chi connectivity index (χ4v) is 14.8. The van der Waals surface area contributed by atoms with Crippen molar-refractivity contribution >= 4 is 7.26 Å². The van der Waals surface area contributed by atoms with Gasteiger partial charge in [0.2, 0.25) is 0 Å². The number of unbranched alkanes of at least 4 members (excludes halogenated alkanes) is 1. The summed E-state index contributed by atoms with van der Waals surface area (Å²) in [7, 11) is -1.55. The molecule has 1 nitrogen and oxygen atoms in total. The molecular formula is C16H37OP. The van der Waals surface area contributed by atoms with Crippen molar-refractivity contribution in [1.82, 2.24) is 0 Å². The summed E-state index contributed by atoms with van der Waals surface area (Å²) in [4.78, 5) is 0. The van der Waals surface area contributed by atoms with E-state index in [0.29, 0.717) is 22.1 Å². The molecule has 0 bridgehead atoms. The Balaban J connectivity index is 5.61. The summed E-state index contributed by atoms with van der Waals surface area (Å²) in [5, 5.41) is 10.3. The Hall–Kier alpha value is 0.390. The predicted molar refractivity (Wildman–Crippen MR) is 88.8 cm³/mol. The van der Waals surface area contributed by atoms with Crippen LogP contribution in [0.25, 0.3) is 0 Å². The molecule has 112 valence electrons. The quantitative estimate of drug-likeness (QED) is 0.571. The standard InChI is InChI=1S/C16H37OP/c1-14(2,3)18(15(4,5)6,16(7,8)9)13-11-10-12-17/h17-18H,10-13H2,1-9H3. The number of hydrogen-bond acceptors (Lipinski definition) is 1. The van der Waals surface area contributed by atoms with Gasteiger partial charge in [-0.1, -0.05) is 0 Å². The second-order valence-corrected chi connectivity index (χ2v) is 15.6. The third-order valence-corrected chi connectivity index (χ3v) is 13.6. The van der Waals surface area contributed by atoms with Crippen LogP contribution in [0.4, 0.5) is 0 Å². The summed E-state index contributed by atoms with van der Waals surface area (Å²) in [6.07, 6.45) is 3.45. The molecule has 0 rings (SSSR count).